The van der Waals surface area contributed by atoms with Gasteiger partial charge in [-0.2, -0.15) is 0 Å². The second-order valence-corrected chi connectivity index (χ2v) is 9.43. The van der Waals surface area contributed by atoms with Crippen molar-refractivity contribution < 1.29 is 19.4 Å². The quantitative estimate of drug-likeness (QED) is 0.364. The standard InChI is InChI=1S/C23H28ClN7O4/c1-5-34-18(32)7-6-12-31-19(28-29-30-31)14-8-9-16-15(13-14)23(25,20-26-11-10-17(24)27-20)22(4,33)21(2,3)35-16/h8-11,13,33H,5-7,12,25H2,1-4H3/t22-,23-/m1/s1. The molecular formula is C23H28ClN7O4. The van der Waals surface area contributed by atoms with Gasteiger partial charge in [0, 0.05) is 30.3 Å². The minimum absolute atomic E-state index is 0.152. The number of fused-ring (bicyclic) bond motifs is 1. The number of tetrazole rings is 1. The number of nitrogens with two attached hydrogens (primary N) is 1. The molecule has 12 heteroatoms. The molecule has 0 spiro atoms. The van der Waals surface area contributed by atoms with Crippen molar-refractivity contribution in [3.05, 3.63) is 47.0 Å². The van der Waals surface area contributed by atoms with Gasteiger partial charge in [0.25, 0.3) is 0 Å². The minimum Gasteiger partial charge on any atom is -0.484 e. The highest BCUT2D eigenvalue weighted by atomic mass is 35.5. The average Bonchev–Trinajstić information content (AvgIpc) is 3.26. The van der Waals surface area contributed by atoms with Gasteiger partial charge in [-0.25, -0.2) is 14.6 Å². The van der Waals surface area contributed by atoms with Crippen molar-refractivity contribution in [3.63, 3.8) is 0 Å². The number of aromatic nitrogens is 6. The summed E-state index contributed by atoms with van der Waals surface area (Å²) in [6, 6.07) is 6.86. The lowest BCUT2D eigenvalue weighted by Crippen LogP contribution is -2.71. The molecule has 1 aliphatic heterocycles. The fraction of sp³-hybridized carbons (Fsp3) is 0.478. The Labute approximate surface area is 207 Å². The summed E-state index contributed by atoms with van der Waals surface area (Å²) >= 11 is 6.16. The Balaban J connectivity index is 1.77. The summed E-state index contributed by atoms with van der Waals surface area (Å²) in [5, 5.41) is 23.9. The molecule has 2 atom stereocenters. The lowest BCUT2D eigenvalue weighted by atomic mass is 9.65. The van der Waals surface area contributed by atoms with Crippen LogP contribution in [0.4, 0.5) is 0 Å². The van der Waals surface area contributed by atoms with Gasteiger partial charge in [0.05, 0.1) is 6.61 Å². The molecule has 186 valence electrons. The summed E-state index contributed by atoms with van der Waals surface area (Å²) in [5.41, 5.74) is 3.79. The molecule has 0 radical (unpaired) electrons. The van der Waals surface area contributed by atoms with E-state index in [-0.39, 0.29) is 23.4 Å². The molecular weight excluding hydrogens is 474 g/mol. The van der Waals surface area contributed by atoms with Crippen LogP contribution in [-0.2, 0) is 21.6 Å². The maximum Gasteiger partial charge on any atom is 0.305 e. The highest BCUT2D eigenvalue weighted by molar-refractivity contribution is 6.29. The second kappa shape index (κ2) is 9.14. The van der Waals surface area contributed by atoms with Crippen molar-refractivity contribution in [2.24, 2.45) is 5.73 Å². The third-order valence-electron chi connectivity index (χ3n) is 6.53. The Bertz CT molecular complexity index is 1250. The first-order valence-corrected chi connectivity index (χ1v) is 11.6. The van der Waals surface area contributed by atoms with Crippen LogP contribution in [0.5, 0.6) is 5.75 Å². The molecule has 1 aliphatic rings. The molecule has 0 unspecified atom stereocenters. The smallest absolute Gasteiger partial charge is 0.305 e. The fourth-order valence-electron chi connectivity index (χ4n) is 4.21. The number of esters is 1. The number of carbonyl (C=O) groups excluding carboxylic acids is 1. The van der Waals surface area contributed by atoms with E-state index in [2.05, 4.69) is 25.5 Å². The lowest BCUT2D eigenvalue weighted by molar-refractivity contribution is -0.156. The van der Waals surface area contributed by atoms with Gasteiger partial charge in [0.1, 0.15) is 27.6 Å². The van der Waals surface area contributed by atoms with E-state index in [0.29, 0.717) is 42.3 Å². The Morgan fingerprint density at radius 3 is 2.77 bits per heavy atom. The number of hydrogen-bond donors (Lipinski definition) is 2. The summed E-state index contributed by atoms with van der Waals surface area (Å²) in [7, 11) is 0. The maximum absolute atomic E-state index is 11.7. The monoisotopic (exact) mass is 501 g/mol. The SMILES string of the molecule is CCOC(=O)CCCn1nnnc1-c1ccc2c(c1)[C@@](N)(c1nccc(Cl)n1)[C@](C)(O)C(C)(C)O2. The van der Waals surface area contributed by atoms with Crippen molar-refractivity contribution >= 4 is 17.6 Å². The second-order valence-electron chi connectivity index (χ2n) is 9.04. The molecule has 0 saturated carbocycles. The van der Waals surface area contributed by atoms with Crippen molar-refractivity contribution in [1.29, 1.82) is 0 Å². The van der Waals surface area contributed by atoms with Crippen molar-refractivity contribution in [2.45, 2.75) is 63.8 Å². The summed E-state index contributed by atoms with van der Waals surface area (Å²) in [5.74, 6) is 0.819. The van der Waals surface area contributed by atoms with Crippen LogP contribution < -0.4 is 10.5 Å². The van der Waals surface area contributed by atoms with E-state index in [1.807, 2.05) is 6.07 Å². The number of aryl methyl sites for hydroxylation is 1. The molecule has 3 N–H and O–H groups in total. The molecule has 35 heavy (non-hydrogen) atoms. The van der Waals surface area contributed by atoms with E-state index in [4.69, 9.17) is 26.8 Å². The summed E-state index contributed by atoms with van der Waals surface area (Å²) in [6.07, 6.45) is 2.25. The largest absolute Gasteiger partial charge is 0.484 e. The van der Waals surface area contributed by atoms with Gasteiger partial charge in [0.15, 0.2) is 11.6 Å². The van der Waals surface area contributed by atoms with Crippen LogP contribution >= 0.6 is 11.6 Å². The van der Waals surface area contributed by atoms with Gasteiger partial charge in [-0.15, -0.1) is 5.10 Å². The van der Waals surface area contributed by atoms with Crippen LogP contribution in [0.15, 0.2) is 30.5 Å². The molecule has 3 aromatic rings. The van der Waals surface area contributed by atoms with E-state index in [9.17, 15) is 9.90 Å². The highest BCUT2D eigenvalue weighted by Crippen LogP contribution is 2.51. The van der Waals surface area contributed by atoms with E-state index in [1.165, 1.54) is 12.3 Å². The van der Waals surface area contributed by atoms with Crippen LogP contribution in [0.2, 0.25) is 5.15 Å². The third-order valence-corrected chi connectivity index (χ3v) is 6.74. The number of nitrogens with zero attached hydrogens (tertiary/aromatic N) is 6. The molecule has 3 heterocycles. The predicted octanol–water partition coefficient (Wildman–Crippen LogP) is 2.25. The molecule has 11 nitrogen and oxygen atoms in total. The predicted molar refractivity (Wildman–Crippen MR) is 126 cm³/mol. The molecule has 1 aromatic carbocycles. The molecule has 0 amide bonds. The lowest BCUT2D eigenvalue weighted by Gasteiger charge is -2.54. The molecule has 0 bridgehead atoms. The number of ether oxygens (including phenoxy) is 2. The number of benzene rings is 1. The molecule has 4 rings (SSSR count). The fourth-order valence-corrected chi connectivity index (χ4v) is 4.35. The minimum atomic E-state index is -1.64. The molecule has 0 fully saturated rings. The zero-order valence-electron chi connectivity index (χ0n) is 20.0. The zero-order chi connectivity index (χ0) is 25.4. The third kappa shape index (κ3) is 4.24. The molecule has 2 aromatic heterocycles. The molecule has 0 saturated heterocycles. The topological polar surface area (TPSA) is 151 Å². The van der Waals surface area contributed by atoms with Crippen molar-refractivity contribution in [3.8, 4) is 17.1 Å². The Hall–Kier alpha value is -3.15. The van der Waals surface area contributed by atoms with Gasteiger partial charge in [-0.3, -0.25) is 4.79 Å². The van der Waals surface area contributed by atoms with E-state index >= 15 is 0 Å². The van der Waals surface area contributed by atoms with Crippen LogP contribution in [-0.4, -0.2) is 59.1 Å². The molecule has 0 aliphatic carbocycles. The Morgan fingerprint density at radius 1 is 1.29 bits per heavy atom. The van der Waals surface area contributed by atoms with E-state index in [1.54, 1.807) is 44.5 Å². The Kier molecular flexibility index (Phi) is 6.52. The van der Waals surface area contributed by atoms with E-state index in [0.717, 1.165) is 0 Å². The number of halogens is 1. The first kappa shape index (κ1) is 25.0. The summed E-state index contributed by atoms with van der Waals surface area (Å²) < 4.78 is 12.7. The maximum atomic E-state index is 11.7. The van der Waals surface area contributed by atoms with Gasteiger partial charge >= 0.3 is 5.97 Å². The van der Waals surface area contributed by atoms with Gasteiger partial charge < -0.3 is 20.3 Å². The van der Waals surface area contributed by atoms with Crippen LogP contribution in [0.1, 0.15) is 51.9 Å². The first-order valence-electron chi connectivity index (χ1n) is 11.3. The van der Waals surface area contributed by atoms with Gasteiger partial charge in [0.2, 0.25) is 0 Å². The van der Waals surface area contributed by atoms with Crippen molar-refractivity contribution in [2.75, 3.05) is 6.61 Å². The van der Waals surface area contributed by atoms with Gasteiger partial charge in [-0.05, 0) is 68.8 Å². The number of aliphatic hydroxyl groups is 1. The Morgan fingerprint density at radius 2 is 2.06 bits per heavy atom. The average molecular weight is 502 g/mol. The number of rotatable bonds is 7. The first-order chi connectivity index (χ1) is 16.5. The van der Waals surface area contributed by atoms with Crippen LogP contribution in [0, 0.1) is 0 Å². The zero-order valence-corrected chi connectivity index (χ0v) is 20.8. The number of hydrogen-bond acceptors (Lipinski definition) is 10. The highest BCUT2D eigenvalue weighted by Gasteiger charge is 2.62. The van der Waals surface area contributed by atoms with E-state index < -0.39 is 16.7 Å². The summed E-state index contributed by atoms with van der Waals surface area (Å²) in [6.45, 7) is 7.60. The van der Waals surface area contributed by atoms with Crippen molar-refractivity contribution in [1.82, 2.24) is 30.2 Å². The summed E-state index contributed by atoms with van der Waals surface area (Å²) in [4.78, 5) is 20.4. The van der Waals surface area contributed by atoms with Gasteiger partial charge in [-0.1, -0.05) is 11.6 Å². The van der Waals surface area contributed by atoms with Crippen LogP contribution in [0.25, 0.3) is 11.4 Å². The number of carbonyl (C=O) groups is 1. The normalized spacial score (nSPS) is 22.8. The van der Waals surface area contributed by atoms with Crippen LogP contribution in [0.3, 0.4) is 0 Å².